The van der Waals surface area contributed by atoms with E-state index in [4.69, 9.17) is 11.6 Å². The standard InChI is InChI=1S/C12H13ClFNO/c13-7-12(16)15(11-4-5-11)8-9-2-1-3-10(14)6-9/h1-3,6,11H,4-5,7-8H2. The molecule has 0 aromatic heterocycles. The number of rotatable bonds is 4. The summed E-state index contributed by atoms with van der Waals surface area (Å²) in [5.41, 5.74) is 0.811. The lowest BCUT2D eigenvalue weighted by atomic mass is 10.2. The van der Waals surface area contributed by atoms with Gasteiger partial charge < -0.3 is 4.90 Å². The van der Waals surface area contributed by atoms with Crippen molar-refractivity contribution in [2.45, 2.75) is 25.4 Å². The summed E-state index contributed by atoms with van der Waals surface area (Å²) in [5, 5.41) is 0. The van der Waals surface area contributed by atoms with Crippen LogP contribution in [0.2, 0.25) is 0 Å². The SMILES string of the molecule is O=C(CCl)N(Cc1cccc(F)c1)C1CC1. The number of nitrogens with zero attached hydrogens (tertiary/aromatic N) is 1. The van der Waals surface area contributed by atoms with Crippen molar-refractivity contribution in [3.63, 3.8) is 0 Å². The molecule has 16 heavy (non-hydrogen) atoms. The van der Waals surface area contributed by atoms with E-state index in [2.05, 4.69) is 0 Å². The van der Waals surface area contributed by atoms with Crippen LogP contribution >= 0.6 is 11.6 Å². The molecular weight excluding hydrogens is 229 g/mol. The third kappa shape index (κ3) is 2.73. The van der Waals surface area contributed by atoms with Gasteiger partial charge in [0.25, 0.3) is 0 Å². The second kappa shape index (κ2) is 4.83. The maximum Gasteiger partial charge on any atom is 0.238 e. The van der Waals surface area contributed by atoms with E-state index in [1.165, 1.54) is 12.1 Å². The number of amides is 1. The summed E-state index contributed by atoms with van der Waals surface area (Å²) in [4.78, 5) is 13.3. The number of hydrogen-bond acceptors (Lipinski definition) is 1. The van der Waals surface area contributed by atoms with Crippen molar-refractivity contribution in [2.75, 3.05) is 5.88 Å². The van der Waals surface area contributed by atoms with Gasteiger partial charge in [-0.05, 0) is 30.5 Å². The second-order valence-electron chi connectivity index (χ2n) is 4.02. The third-order valence-corrected chi connectivity index (χ3v) is 2.89. The van der Waals surface area contributed by atoms with Gasteiger partial charge in [-0.15, -0.1) is 11.6 Å². The number of alkyl halides is 1. The average molecular weight is 242 g/mol. The molecule has 0 aliphatic heterocycles. The molecule has 0 atom stereocenters. The Morgan fingerprint density at radius 3 is 2.81 bits per heavy atom. The first kappa shape index (κ1) is 11.4. The Labute approximate surface area is 99.0 Å². The first-order valence-corrected chi connectivity index (χ1v) is 5.84. The van der Waals surface area contributed by atoms with Crippen LogP contribution in [-0.2, 0) is 11.3 Å². The summed E-state index contributed by atoms with van der Waals surface area (Å²) in [6.07, 6.45) is 2.05. The molecule has 1 aliphatic carbocycles. The average Bonchev–Trinajstić information content (AvgIpc) is 3.09. The zero-order valence-electron chi connectivity index (χ0n) is 8.83. The fourth-order valence-electron chi connectivity index (χ4n) is 1.72. The van der Waals surface area contributed by atoms with Gasteiger partial charge in [-0.25, -0.2) is 4.39 Å². The minimum Gasteiger partial charge on any atom is -0.334 e. The van der Waals surface area contributed by atoms with Gasteiger partial charge in [0, 0.05) is 12.6 Å². The van der Waals surface area contributed by atoms with E-state index in [1.54, 1.807) is 11.0 Å². The normalized spacial score (nSPS) is 14.9. The highest BCUT2D eigenvalue weighted by molar-refractivity contribution is 6.27. The molecule has 0 N–H and O–H groups in total. The molecule has 1 amide bonds. The summed E-state index contributed by atoms with van der Waals surface area (Å²) in [6.45, 7) is 0.452. The van der Waals surface area contributed by atoms with Crippen LogP contribution in [0.5, 0.6) is 0 Å². The highest BCUT2D eigenvalue weighted by Gasteiger charge is 2.31. The predicted octanol–water partition coefficient (Wildman–Crippen LogP) is 2.56. The van der Waals surface area contributed by atoms with E-state index in [-0.39, 0.29) is 17.6 Å². The van der Waals surface area contributed by atoms with E-state index in [1.807, 2.05) is 6.07 Å². The van der Waals surface area contributed by atoms with Crippen molar-refractivity contribution in [3.05, 3.63) is 35.6 Å². The highest BCUT2D eigenvalue weighted by atomic mass is 35.5. The van der Waals surface area contributed by atoms with Gasteiger partial charge in [0.1, 0.15) is 11.7 Å². The molecule has 4 heteroatoms. The van der Waals surface area contributed by atoms with Crippen molar-refractivity contribution in [1.29, 1.82) is 0 Å². The van der Waals surface area contributed by atoms with Crippen LogP contribution in [0, 0.1) is 5.82 Å². The Kier molecular flexibility index (Phi) is 3.44. The molecule has 1 fully saturated rings. The Morgan fingerprint density at radius 1 is 1.50 bits per heavy atom. The van der Waals surface area contributed by atoms with Crippen LogP contribution in [0.4, 0.5) is 4.39 Å². The Hall–Kier alpha value is -1.09. The number of hydrogen-bond donors (Lipinski definition) is 0. The van der Waals surface area contributed by atoms with Crippen LogP contribution < -0.4 is 0 Å². The smallest absolute Gasteiger partial charge is 0.238 e. The van der Waals surface area contributed by atoms with Crippen LogP contribution in [0.15, 0.2) is 24.3 Å². The lowest BCUT2D eigenvalue weighted by molar-refractivity contribution is -0.129. The van der Waals surface area contributed by atoms with Crippen molar-refractivity contribution in [3.8, 4) is 0 Å². The molecule has 2 nitrogen and oxygen atoms in total. The largest absolute Gasteiger partial charge is 0.334 e. The summed E-state index contributed by atoms with van der Waals surface area (Å²) >= 11 is 5.55. The minimum absolute atomic E-state index is 0.00812. The maximum absolute atomic E-state index is 13.0. The second-order valence-corrected chi connectivity index (χ2v) is 4.28. The first-order valence-electron chi connectivity index (χ1n) is 5.30. The Balaban J connectivity index is 2.08. The van der Waals surface area contributed by atoms with Crippen LogP contribution in [0.3, 0.4) is 0 Å². The third-order valence-electron chi connectivity index (χ3n) is 2.66. The molecule has 2 rings (SSSR count). The molecule has 0 spiro atoms. The van der Waals surface area contributed by atoms with Gasteiger partial charge in [0.15, 0.2) is 0 Å². The zero-order valence-corrected chi connectivity index (χ0v) is 9.58. The zero-order chi connectivity index (χ0) is 11.5. The molecule has 0 unspecified atom stereocenters. The summed E-state index contributed by atoms with van der Waals surface area (Å²) in [6, 6.07) is 6.63. The molecule has 86 valence electrons. The number of halogens is 2. The van der Waals surface area contributed by atoms with Crippen molar-refractivity contribution >= 4 is 17.5 Å². The van der Waals surface area contributed by atoms with Gasteiger partial charge >= 0.3 is 0 Å². The molecule has 0 bridgehead atoms. The lowest BCUT2D eigenvalue weighted by Crippen LogP contribution is -2.33. The molecule has 1 saturated carbocycles. The maximum atomic E-state index is 13.0. The van der Waals surface area contributed by atoms with Crippen molar-refractivity contribution in [2.24, 2.45) is 0 Å². The first-order chi connectivity index (χ1) is 7.70. The van der Waals surface area contributed by atoms with Crippen LogP contribution in [-0.4, -0.2) is 22.7 Å². The minimum atomic E-state index is -0.272. The molecule has 0 heterocycles. The van der Waals surface area contributed by atoms with Crippen LogP contribution in [0.1, 0.15) is 18.4 Å². The Bertz CT molecular complexity index is 392. The predicted molar refractivity (Wildman–Crippen MR) is 60.7 cm³/mol. The molecule has 0 radical (unpaired) electrons. The molecule has 1 aliphatic rings. The summed E-state index contributed by atoms with van der Waals surface area (Å²) in [5.74, 6) is -0.355. The van der Waals surface area contributed by atoms with E-state index >= 15 is 0 Å². The van der Waals surface area contributed by atoms with E-state index in [9.17, 15) is 9.18 Å². The van der Waals surface area contributed by atoms with Crippen molar-refractivity contribution < 1.29 is 9.18 Å². The number of benzene rings is 1. The lowest BCUT2D eigenvalue weighted by Gasteiger charge is -2.21. The fraction of sp³-hybridized carbons (Fsp3) is 0.417. The number of carbonyl (C=O) groups is 1. The van der Waals surface area contributed by atoms with Gasteiger partial charge in [-0.3, -0.25) is 4.79 Å². The quantitative estimate of drug-likeness (QED) is 0.742. The van der Waals surface area contributed by atoms with E-state index in [0.29, 0.717) is 12.6 Å². The van der Waals surface area contributed by atoms with Gasteiger partial charge in [-0.2, -0.15) is 0 Å². The van der Waals surface area contributed by atoms with Crippen molar-refractivity contribution in [1.82, 2.24) is 4.90 Å². The molecule has 1 aromatic rings. The monoisotopic (exact) mass is 241 g/mol. The number of carbonyl (C=O) groups excluding carboxylic acids is 1. The van der Waals surface area contributed by atoms with E-state index < -0.39 is 0 Å². The Morgan fingerprint density at radius 2 is 2.25 bits per heavy atom. The molecular formula is C12H13ClFNO. The molecule has 0 saturated heterocycles. The van der Waals surface area contributed by atoms with Crippen LogP contribution in [0.25, 0.3) is 0 Å². The fourth-order valence-corrected chi connectivity index (χ4v) is 1.87. The van der Waals surface area contributed by atoms with E-state index in [0.717, 1.165) is 18.4 Å². The highest BCUT2D eigenvalue weighted by Crippen LogP contribution is 2.28. The van der Waals surface area contributed by atoms with Gasteiger partial charge in [0.2, 0.25) is 5.91 Å². The summed E-state index contributed by atoms with van der Waals surface area (Å²) < 4.78 is 13.0. The molecule has 1 aromatic carbocycles. The topological polar surface area (TPSA) is 20.3 Å². The summed E-state index contributed by atoms with van der Waals surface area (Å²) in [7, 11) is 0. The van der Waals surface area contributed by atoms with Gasteiger partial charge in [-0.1, -0.05) is 12.1 Å². The van der Waals surface area contributed by atoms with Gasteiger partial charge in [0.05, 0.1) is 0 Å².